The largest absolute Gasteiger partial charge is 0.508 e. The second kappa shape index (κ2) is 6.61. The highest BCUT2D eigenvalue weighted by Crippen LogP contribution is 2.47. The third-order valence-corrected chi connectivity index (χ3v) is 5.03. The highest BCUT2D eigenvalue weighted by Gasteiger charge is 2.17. The van der Waals surface area contributed by atoms with Gasteiger partial charge in [0.15, 0.2) is 0 Å². The fraction of sp³-hybridized carbons (Fsp3) is 0.100. The van der Waals surface area contributed by atoms with Crippen molar-refractivity contribution in [3.05, 3.63) is 66.2 Å². The Morgan fingerprint density at radius 1 is 1.00 bits per heavy atom. The van der Waals surface area contributed by atoms with E-state index >= 15 is 0 Å². The van der Waals surface area contributed by atoms with Crippen LogP contribution in [-0.4, -0.2) is 12.2 Å². The van der Waals surface area contributed by atoms with Gasteiger partial charge in [-0.3, -0.25) is 0 Å². The van der Waals surface area contributed by atoms with Crippen LogP contribution in [-0.2, 0) is 6.54 Å². The lowest BCUT2D eigenvalue weighted by Crippen LogP contribution is -2.01. The molecule has 4 rings (SSSR count). The maximum absolute atomic E-state index is 9.74. The van der Waals surface area contributed by atoms with Gasteiger partial charge < -0.3 is 19.9 Å². The van der Waals surface area contributed by atoms with Gasteiger partial charge in [0.05, 0.1) is 16.9 Å². The van der Waals surface area contributed by atoms with Gasteiger partial charge in [-0.15, -0.1) is 0 Å². The molecule has 126 valence electrons. The topological polar surface area (TPSA) is 50.7 Å². The lowest BCUT2D eigenvalue weighted by atomic mass is 10.2. The molecule has 3 aromatic rings. The van der Waals surface area contributed by atoms with E-state index in [1.54, 1.807) is 31.0 Å². The molecule has 0 fully saturated rings. The van der Waals surface area contributed by atoms with Crippen molar-refractivity contribution in [2.45, 2.75) is 16.3 Å². The van der Waals surface area contributed by atoms with E-state index in [-0.39, 0.29) is 5.75 Å². The minimum absolute atomic E-state index is 0.193. The smallest absolute Gasteiger partial charge is 0.143 e. The quantitative estimate of drug-likeness (QED) is 0.524. The Kier molecular flexibility index (Phi) is 4.15. The molecule has 2 N–H and O–H groups in total. The minimum atomic E-state index is 0.193. The summed E-state index contributed by atoms with van der Waals surface area (Å²) in [5.74, 6) is 2.56. The molecule has 0 saturated heterocycles. The summed E-state index contributed by atoms with van der Waals surface area (Å²) in [4.78, 5) is 2.23. The van der Waals surface area contributed by atoms with Crippen LogP contribution in [0.5, 0.6) is 23.0 Å². The van der Waals surface area contributed by atoms with Crippen LogP contribution < -0.4 is 14.8 Å². The molecule has 0 spiro atoms. The molecule has 1 aliphatic rings. The van der Waals surface area contributed by atoms with Crippen molar-refractivity contribution in [1.29, 1.82) is 0 Å². The molecular weight excluding hydrogens is 334 g/mol. The first kappa shape index (κ1) is 15.7. The molecule has 0 radical (unpaired) electrons. The maximum Gasteiger partial charge on any atom is 0.143 e. The van der Waals surface area contributed by atoms with Crippen LogP contribution in [0.25, 0.3) is 0 Å². The molecule has 3 aromatic carbocycles. The van der Waals surface area contributed by atoms with Crippen LogP contribution in [0.4, 0.5) is 5.69 Å². The van der Waals surface area contributed by atoms with Crippen molar-refractivity contribution in [3.8, 4) is 23.0 Å². The number of benzene rings is 3. The number of aromatic hydroxyl groups is 1. The summed E-state index contributed by atoms with van der Waals surface area (Å²) in [6.07, 6.45) is 0. The Bertz CT molecular complexity index is 927. The Balaban J connectivity index is 1.51. The van der Waals surface area contributed by atoms with Crippen LogP contribution in [0.1, 0.15) is 5.56 Å². The molecule has 25 heavy (non-hydrogen) atoms. The minimum Gasteiger partial charge on any atom is -0.508 e. The van der Waals surface area contributed by atoms with Gasteiger partial charge in [-0.05, 0) is 42.0 Å². The van der Waals surface area contributed by atoms with E-state index in [0.29, 0.717) is 12.3 Å². The van der Waals surface area contributed by atoms with Crippen LogP contribution >= 0.6 is 11.8 Å². The number of rotatable bonds is 4. The second-order valence-corrected chi connectivity index (χ2v) is 6.79. The van der Waals surface area contributed by atoms with Crippen molar-refractivity contribution < 1.29 is 14.6 Å². The van der Waals surface area contributed by atoms with Crippen LogP contribution in [0, 0.1) is 0 Å². The number of para-hydroxylation sites is 1. The predicted molar refractivity (Wildman–Crippen MR) is 99.1 cm³/mol. The van der Waals surface area contributed by atoms with Gasteiger partial charge in [0.2, 0.25) is 0 Å². The molecule has 0 amide bonds. The van der Waals surface area contributed by atoms with E-state index in [0.717, 1.165) is 32.5 Å². The van der Waals surface area contributed by atoms with Gasteiger partial charge in [-0.25, -0.2) is 0 Å². The first-order chi connectivity index (χ1) is 12.2. The van der Waals surface area contributed by atoms with Gasteiger partial charge in [-0.1, -0.05) is 23.9 Å². The van der Waals surface area contributed by atoms with E-state index < -0.39 is 0 Å². The summed E-state index contributed by atoms with van der Waals surface area (Å²) < 4.78 is 11.2. The SMILES string of the molecule is COc1cc(O)cc(CNc2ccc3c(c2)Oc2ccccc2S3)c1. The number of ether oxygens (including phenoxy) is 2. The molecule has 4 nitrogen and oxygen atoms in total. The number of phenols is 1. The number of fused-ring (bicyclic) bond motifs is 2. The van der Waals surface area contributed by atoms with Crippen molar-refractivity contribution in [2.24, 2.45) is 0 Å². The standard InChI is InChI=1S/C20H17NO3S/c1-23-16-9-13(8-15(22)11-16)12-21-14-6-7-20-18(10-14)24-17-4-2-3-5-19(17)25-20/h2-11,21-22H,12H2,1H3. The Morgan fingerprint density at radius 3 is 2.72 bits per heavy atom. The fourth-order valence-corrected chi connectivity index (χ4v) is 3.64. The lowest BCUT2D eigenvalue weighted by Gasteiger charge is -2.20. The highest BCUT2D eigenvalue weighted by molar-refractivity contribution is 7.99. The summed E-state index contributed by atoms with van der Waals surface area (Å²) in [6, 6.07) is 19.3. The number of hydrogen-bond acceptors (Lipinski definition) is 5. The molecule has 1 aliphatic heterocycles. The Morgan fingerprint density at radius 2 is 1.84 bits per heavy atom. The summed E-state index contributed by atoms with van der Waals surface area (Å²) >= 11 is 1.71. The average Bonchev–Trinajstić information content (AvgIpc) is 2.64. The Hall–Kier alpha value is -2.79. The van der Waals surface area contributed by atoms with Crippen LogP contribution in [0.2, 0.25) is 0 Å². The number of methoxy groups -OCH3 is 1. The van der Waals surface area contributed by atoms with Crippen molar-refractivity contribution in [2.75, 3.05) is 12.4 Å². The van der Waals surface area contributed by atoms with Crippen LogP contribution in [0.3, 0.4) is 0 Å². The van der Waals surface area contributed by atoms with E-state index in [4.69, 9.17) is 9.47 Å². The fourth-order valence-electron chi connectivity index (χ4n) is 2.71. The first-order valence-corrected chi connectivity index (χ1v) is 8.72. The van der Waals surface area contributed by atoms with Crippen LogP contribution in [0.15, 0.2) is 70.5 Å². The summed E-state index contributed by atoms with van der Waals surface area (Å²) in [5.41, 5.74) is 1.90. The van der Waals surface area contributed by atoms with Gasteiger partial charge in [0.1, 0.15) is 23.0 Å². The monoisotopic (exact) mass is 351 g/mol. The molecule has 0 unspecified atom stereocenters. The zero-order valence-electron chi connectivity index (χ0n) is 13.7. The lowest BCUT2D eigenvalue weighted by molar-refractivity contribution is 0.407. The Labute approximate surface area is 150 Å². The van der Waals surface area contributed by atoms with E-state index in [2.05, 4.69) is 17.4 Å². The van der Waals surface area contributed by atoms with Gasteiger partial charge in [0, 0.05) is 24.4 Å². The maximum atomic E-state index is 9.74. The third kappa shape index (κ3) is 3.37. The molecule has 0 atom stereocenters. The van der Waals surface area contributed by atoms with Crippen molar-refractivity contribution in [3.63, 3.8) is 0 Å². The number of nitrogens with one attached hydrogen (secondary N) is 1. The zero-order chi connectivity index (χ0) is 17.2. The summed E-state index contributed by atoms with van der Waals surface area (Å²) in [7, 11) is 1.59. The zero-order valence-corrected chi connectivity index (χ0v) is 14.5. The normalized spacial score (nSPS) is 11.9. The van der Waals surface area contributed by atoms with Crippen molar-refractivity contribution in [1.82, 2.24) is 0 Å². The molecule has 0 aromatic heterocycles. The third-order valence-electron chi connectivity index (χ3n) is 3.92. The molecule has 5 heteroatoms. The average molecular weight is 351 g/mol. The number of phenolic OH excluding ortho intramolecular Hbond substituents is 1. The predicted octanol–water partition coefficient (Wildman–Crippen LogP) is 5.27. The molecule has 0 saturated carbocycles. The van der Waals surface area contributed by atoms with E-state index in [1.165, 1.54) is 0 Å². The molecule has 1 heterocycles. The van der Waals surface area contributed by atoms with Crippen molar-refractivity contribution >= 4 is 17.4 Å². The van der Waals surface area contributed by atoms with Gasteiger partial charge in [0.25, 0.3) is 0 Å². The molecular formula is C20H17NO3S. The molecule has 0 aliphatic carbocycles. The van der Waals surface area contributed by atoms with Gasteiger partial charge in [-0.2, -0.15) is 0 Å². The number of hydrogen-bond donors (Lipinski definition) is 2. The number of anilines is 1. The second-order valence-electron chi connectivity index (χ2n) is 5.71. The van der Waals surface area contributed by atoms with E-state index in [9.17, 15) is 5.11 Å². The van der Waals surface area contributed by atoms with E-state index in [1.807, 2.05) is 36.4 Å². The van der Waals surface area contributed by atoms with Gasteiger partial charge >= 0.3 is 0 Å². The highest BCUT2D eigenvalue weighted by atomic mass is 32.2. The summed E-state index contributed by atoms with van der Waals surface area (Å²) in [5, 5.41) is 13.1. The first-order valence-electron chi connectivity index (χ1n) is 7.91. The molecule has 0 bridgehead atoms. The summed E-state index contributed by atoms with van der Waals surface area (Å²) in [6.45, 7) is 0.577.